The standard InChI is InChI=1S/C12H16N2O2S/c1-5-12(3,4)14-17(15,16)10-7-6-9(2)11(13)8-10/h1,6-8,14H,13H2,2-4H3. The molecule has 0 aromatic heterocycles. The molecule has 0 saturated carbocycles. The molecule has 1 rings (SSSR count). The predicted molar refractivity (Wildman–Crippen MR) is 68.8 cm³/mol. The van der Waals surface area contributed by atoms with E-state index in [0.29, 0.717) is 5.69 Å². The van der Waals surface area contributed by atoms with Gasteiger partial charge >= 0.3 is 0 Å². The first-order chi connectivity index (χ1) is 7.68. The smallest absolute Gasteiger partial charge is 0.241 e. The third-order valence-corrected chi connectivity index (χ3v) is 3.96. The highest BCUT2D eigenvalue weighted by Crippen LogP contribution is 2.18. The molecule has 0 radical (unpaired) electrons. The molecule has 0 saturated heterocycles. The number of nitrogen functional groups attached to an aromatic ring is 1. The Morgan fingerprint density at radius 2 is 2.00 bits per heavy atom. The third-order valence-electron chi connectivity index (χ3n) is 2.31. The largest absolute Gasteiger partial charge is 0.398 e. The normalized spacial score (nSPS) is 12.1. The van der Waals surface area contributed by atoms with E-state index in [2.05, 4.69) is 10.6 Å². The van der Waals surface area contributed by atoms with Gasteiger partial charge in [-0.15, -0.1) is 6.42 Å². The summed E-state index contributed by atoms with van der Waals surface area (Å²) >= 11 is 0. The van der Waals surface area contributed by atoms with Crippen LogP contribution in [0.3, 0.4) is 0 Å². The number of rotatable bonds is 3. The van der Waals surface area contributed by atoms with Crippen molar-refractivity contribution >= 4 is 15.7 Å². The number of nitrogens with two attached hydrogens (primary N) is 1. The van der Waals surface area contributed by atoms with Crippen LogP contribution in [-0.4, -0.2) is 14.0 Å². The zero-order valence-corrected chi connectivity index (χ0v) is 10.9. The molecular weight excluding hydrogens is 236 g/mol. The minimum Gasteiger partial charge on any atom is -0.398 e. The van der Waals surface area contributed by atoms with Crippen molar-refractivity contribution in [2.45, 2.75) is 31.2 Å². The lowest BCUT2D eigenvalue weighted by molar-refractivity contribution is 0.539. The fraction of sp³-hybridized carbons (Fsp3) is 0.333. The number of anilines is 1. The second-order valence-electron chi connectivity index (χ2n) is 4.39. The highest BCUT2D eigenvalue weighted by Gasteiger charge is 2.24. The lowest BCUT2D eigenvalue weighted by Crippen LogP contribution is -2.41. The molecule has 0 bridgehead atoms. The molecule has 0 spiro atoms. The molecule has 17 heavy (non-hydrogen) atoms. The van der Waals surface area contributed by atoms with Gasteiger partial charge in [0.1, 0.15) is 0 Å². The van der Waals surface area contributed by atoms with E-state index in [1.807, 2.05) is 6.92 Å². The quantitative estimate of drug-likeness (QED) is 0.628. The summed E-state index contributed by atoms with van der Waals surface area (Å²) in [7, 11) is -3.64. The number of aryl methyl sites for hydroxylation is 1. The molecule has 0 aliphatic rings. The molecule has 92 valence electrons. The highest BCUT2D eigenvalue weighted by atomic mass is 32.2. The number of hydrogen-bond acceptors (Lipinski definition) is 3. The van der Waals surface area contributed by atoms with Gasteiger partial charge in [0.05, 0.1) is 10.4 Å². The van der Waals surface area contributed by atoms with Crippen molar-refractivity contribution in [3.8, 4) is 12.3 Å². The average molecular weight is 252 g/mol. The van der Waals surface area contributed by atoms with Crippen LogP contribution in [0.15, 0.2) is 23.1 Å². The monoisotopic (exact) mass is 252 g/mol. The van der Waals surface area contributed by atoms with E-state index < -0.39 is 15.6 Å². The molecule has 5 heteroatoms. The summed E-state index contributed by atoms with van der Waals surface area (Å²) in [6, 6.07) is 4.58. The van der Waals surface area contributed by atoms with Gasteiger partial charge in [0.15, 0.2) is 0 Å². The van der Waals surface area contributed by atoms with E-state index >= 15 is 0 Å². The van der Waals surface area contributed by atoms with Gasteiger partial charge < -0.3 is 5.73 Å². The zero-order valence-electron chi connectivity index (χ0n) is 10.1. The summed E-state index contributed by atoms with van der Waals surface area (Å²) in [6.07, 6.45) is 5.24. The molecule has 0 aliphatic heterocycles. The number of sulfonamides is 1. The Hall–Kier alpha value is -1.51. The van der Waals surface area contributed by atoms with Gasteiger partial charge in [-0.3, -0.25) is 0 Å². The number of hydrogen-bond donors (Lipinski definition) is 2. The van der Waals surface area contributed by atoms with Crippen molar-refractivity contribution in [1.82, 2.24) is 4.72 Å². The summed E-state index contributed by atoms with van der Waals surface area (Å²) in [5, 5.41) is 0. The number of nitrogens with one attached hydrogen (secondary N) is 1. The van der Waals surface area contributed by atoms with Gasteiger partial charge in [0, 0.05) is 5.69 Å². The molecule has 0 heterocycles. The van der Waals surface area contributed by atoms with Crippen LogP contribution < -0.4 is 10.5 Å². The van der Waals surface area contributed by atoms with Gasteiger partial charge in [-0.1, -0.05) is 12.0 Å². The van der Waals surface area contributed by atoms with Gasteiger partial charge in [0.25, 0.3) is 0 Å². The van der Waals surface area contributed by atoms with Crippen molar-refractivity contribution in [2.24, 2.45) is 0 Å². The van der Waals surface area contributed by atoms with Crippen molar-refractivity contribution in [2.75, 3.05) is 5.73 Å². The van der Waals surface area contributed by atoms with Crippen molar-refractivity contribution < 1.29 is 8.42 Å². The minimum absolute atomic E-state index is 0.115. The molecule has 1 aromatic rings. The lowest BCUT2D eigenvalue weighted by atomic mass is 10.1. The van der Waals surface area contributed by atoms with Crippen LogP contribution in [0.4, 0.5) is 5.69 Å². The minimum atomic E-state index is -3.64. The van der Waals surface area contributed by atoms with E-state index in [0.717, 1.165) is 5.56 Å². The summed E-state index contributed by atoms with van der Waals surface area (Å²) < 4.78 is 26.4. The van der Waals surface area contributed by atoms with Crippen LogP contribution >= 0.6 is 0 Å². The maximum Gasteiger partial charge on any atom is 0.241 e. The average Bonchev–Trinajstić information content (AvgIpc) is 2.20. The molecule has 3 N–H and O–H groups in total. The number of terminal acetylenes is 1. The topological polar surface area (TPSA) is 72.2 Å². The van der Waals surface area contributed by atoms with Gasteiger partial charge in [-0.2, -0.15) is 4.72 Å². The first-order valence-electron chi connectivity index (χ1n) is 5.06. The van der Waals surface area contributed by atoms with Crippen molar-refractivity contribution in [3.05, 3.63) is 23.8 Å². The lowest BCUT2D eigenvalue weighted by Gasteiger charge is -2.19. The molecule has 0 atom stereocenters. The highest BCUT2D eigenvalue weighted by molar-refractivity contribution is 7.89. The fourth-order valence-corrected chi connectivity index (χ4v) is 2.59. The molecule has 0 fully saturated rings. The molecular formula is C12H16N2O2S. The zero-order chi connectivity index (χ0) is 13.3. The maximum absolute atomic E-state index is 12.0. The molecule has 0 aliphatic carbocycles. The van der Waals surface area contributed by atoms with Gasteiger partial charge in [-0.25, -0.2) is 8.42 Å². The van der Waals surface area contributed by atoms with E-state index in [4.69, 9.17) is 12.2 Å². The van der Waals surface area contributed by atoms with Gasteiger partial charge in [-0.05, 0) is 38.5 Å². The van der Waals surface area contributed by atoms with Crippen molar-refractivity contribution in [1.29, 1.82) is 0 Å². The van der Waals surface area contributed by atoms with Crippen molar-refractivity contribution in [3.63, 3.8) is 0 Å². The van der Waals surface area contributed by atoms with E-state index in [9.17, 15) is 8.42 Å². The Bertz CT molecular complexity index is 569. The van der Waals surface area contributed by atoms with Crippen LogP contribution in [0.5, 0.6) is 0 Å². The molecule has 0 unspecified atom stereocenters. The number of benzene rings is 1. The second-order valence-corrected chi connectivity index (χ2v) is 6.08. The fourth-order valence-electron chi connectivity index (χ4n) is 1.21. The van der Waals surface area contributed by atoms with Crippen LogP contribution in [0.1, 0.15) is 19.4 Å². The van der Waals surface area contributed by atoms with E-state index in [1.165, 1.54) is 12.1 Å². The Labute approximate surface area is 102 Å². The van der Waals surface area contributed by atoms with Crippen LogP contribution in [-0.2, 0) is 10.0 Å². The van der Waals surface area contributed by atoms with Crippen LogP contribution in [0, 0.1) is 19.3 Å². The summed E-state index contributed by atoms with van der Waals surface area (Å²) in [4.78, 5) is 0.115. The van der Waals surface area contributed by atoms with E-state index in [-0.39, 0.29) is 4.90 Å². The SMILES string of the molecule is C#CC(C)(C)NS(=O)(=O)c1ccc(C)c(N)c1. The molecule has 0 amide bonds. The summed E-state index contributed by atoms with van der Waals surface area (Å²) in [5.41, 5.74) is 6.02. The Kier molecular flexibility index (Phi) is 3.51. The first kappa shape index (κ1) is 13.6. The van der Waals surface area contributed by atoms with Crippen LogP contribution in [0.25, 0.3) is 0 Å². The predicted octanol–water partition coefficient (Wildman–Crippen LogP) is 1.27. The first-order valence-corrected chi connectivity index (χ1v) is 6.54. The van der Waals surface area contributed by atoms with Gasteiger partial charge in [0.2, 0.25) is 10.0 Å². The summed E-state index contributed by atoms with van der Waals surface area (Å²) in [6.45, 7) is 5.04. The Balaban J connectivity index is 3.16. The molecule has 4 nitrogen and oxygen atoms in total. The second kappa shape index (κ2) is 4.40. The maximum atomic E-state index is 12.0. The summed E-state index contributed by atoms with van der Waals surface area (Å²) in [5.74, 6) is 2.37. The Morgan fingerprint density at radius 1 is 1.41 bits per heavy atom. The Morgan fingerprint density at radius 3 is 2.47 bits per heavy atom. The van der Waals surface area contributed by atoms with E-state index in [1.54, 1.807) is 19.9 Å². The van der Waals surface area contributed by atoms with Crippen LogP contribution in [0.2, 0.25) is 0 Å². The molecule has 1 aromatic carbocycles. The third kappa shape index (κ3) is 3.22.